The van der Waals surface area contributed by atoms with Crippen molar-refractivity contribution < 1.29 is 27.5 Å². The predicted molar refractivity (Wildman–Crippen MR) is 92.3 cm³/mol. The van der Waals surface area contributed by atoms with Gasteiger partial charge >= 0.3 is 5.97 Å². The van der Waals surface area contributed by atoms with Crippen LogP contribution in [0.5, 0.6) is 5.75 Å². The molecule has 0 N–H and O–H groups in total. The van der Waals surface area contributed by atoms with Gasteiger partial charge < -0.3 is 14.4 Å². The van der Waals surface area contributed by atoms with E-state index in [9.17, 15) is 18.0 Å². The maximum atomic E-state index is 12.3. The number of nitrogens with zero attached hydrogens (tertiary/aromatic N) is 1. The summed E-state index contributed by atoms with van der Waals surface area (Å²) >= 11 is 5.81. The minimum atomic E-state index is -3.10. The van der Waals surface area contributed by atoms with Gasteiger partial charge in [0.15, 0.2) is 22.5 Å². The topological polar surface area (TPSA) is 90.0 Å². The fourth-order valence-electron chi connectivity index (χ4n) is 2.53. The Morgan fingerprint density at radius 3 is 2.72 bits per heavy atom. The standard InChI is InChI=1S/C16H20ClNO6S/c1-11(16(20)18(2)13-6-7-25(21,22)10-13)24-15(19)9-23-14-5-3-4-12(17)8-14/h3-5,8,11,13H,6-7,9-10H2,1-2H3/t11-,13+/m0/s1. The van der Waals surface area contributed by atoms with Crippen LogP contribution in [0.25, 0.3) is 0 Å². The molecule has 1 amide bonds. The highest BCUT2D eigenvalue weighted by Gasteiger charge is 2.34. The molecule has 0 aliphatic carbocycles. The molecule has 9 heteroatoms. The second kappa shape index (κ2) is 8.05. The molecule has 1 aromatic carbocycles. The molecule has 25 heavy (non-hydrogen) atoms. The molecule has 0 radical (unpaired) electrons. The summed E-state index contributed by atoms with van der Waals surface area (Å²) in [4.78, 5) is 25.4. The molecule has 2 atom stereocenters. The molecule has 0 spiro atoms. The average Bonchev–Trinajstić information content (AvgIpc) is 2.91. The van der Waals surface area contributed by atoms with E-state index >= 15 is 0 Å². The molecule has 1 aliphatic rings. The molecule has 1 fully saturated rings. The van der Waals surface area contributed by atoms with Crippen molar-refractivity contribution in [3.63, 3.8) is 0 Å². The van der Waals surface area contributed by atoms with Crippen molar-refractivity contribution >= 4 is 33.3 Å². The second-order valence-corrected chi connectivity index (χ2v) is 8.55. The molecule has 2 rings (SSSR count). The van der Waals surface area contributed by atoms with Gasteiger partial charge in [0.25, 0.3) is 5.91 Å². The number of sulfone groups is 1. The Bertz CT molecular complexity index is 751. The van der Waals surface area contributed by atoms with Crippen LogP contribution >= 0.6 is 11.6 Å². The third-order valence-corrected chi connectivity index (χ3v) is 5.90. The van der Waals surface area contributed by atoms with Crippen molar-refractivity contribution in [1.82, 2.24) is 4.90 Å². The van der Waals surface area contributed by atoms with Crippen LogP contribution in [-0.2, 0) is 24.2 Å². The lowest BCUT2D eigenvalue weighted by atomic mass is 10.2. The van der Waals surface area contributed by atoms with Crippen LogP contribution in [-0.4, -0.2) is 62.5 Å². The van der Waals surface area contributed by atoms with E-state index in [1.165, 1.54) is 18.9 Å². The monoisotopic (exact) mass is 389 g/mol. The number of likely N-dealkylation sites (N-methyl/N-ethyl adjacent to an activating group) is 1. The van der Waals surface area contributed by atoms with E-state index in [-0.39, 0.29) is 24.2 Å². The van der Waals surface area contributed by atoms with Crippen LogP contribution < -0.4 is 4.74 Å². The highest BCUT2D eigenvalue weighted by atomic mass is 35.5. The summed E-state index contributed by atoms with van der Waals surface area (Å²) in [5, 5.41) is 0.475. The van der Waals surface area contributed by atoms with E-state index in [1.807, 2.05) is 0 Å². The summed E-state index contributed by atoms with van der Waals surface area (Å²) in [5.74, 6) is -0.728. The lowest BCUT2D eigenvalue weighted by Crippen LogP contribution is -2.44. The number of carbonyl (C=O) groups excluding carboxylic acids is 2. The van der Waals surface area contributed by atoms with Crippen LogP contribution in [0.3, 0.4) is 0 Å². The number of hydrogen-bond acceptors (Lipinski definition) is 6. The second-order valence-electron chi connectivity index (χ2n) is 5.88. The summed E-state index contributed by atoms with van der Waals surface area (Å²) in [6.45, 7) is 1.08. The number of halogens is 1. The first-order valence-corrected chi connectivity index (χ1v) is 9.93. The fraction of sp³-hybridized carbons (Fsp3) is 0.500. The Balaban J connectivity index is 1.82. The van der Waals surface area contributed by atoms with Crippen LogP contribution in [0.1, 0.15) is 13.3 Å². The zero-order chi connectivity index (χ0) is 18.6. The Morgan fingerprint density at radius 2 is 2.12 bits per heavy atom. The molecule has 1 saturated heterocycles. The van der Waals surface area contributed by atoms with Gasteiger partial charge in [-0.1, -0.05) is 17.7 Å². The van der Waals surface area contributed by atoms with Gasteiger partial charge in [-0.05, 0) is 31.5 Å². The van der Waals surface area contributed by atoms with E-state index in [1.54, 1.807) is 24.3 Å². The molecule has 0 aromatic heterocycles. The molecule has 1 aromatic rings. The first-order chi connectivity index (χ1) is 11.7. The van der Waals surface area contributed by atoms with Crippen molar-refractivity contribution in [2.45, 2.75) is 25.5 Å². The van der Waals surface area contributed by atoms with Crippen molar-refractivity contribution in [2.24, 2.45) is 0 Å². The average molecular weight is 390 g/mol. The largest absolute Gasteiger partial charge is 0.482 e. The first kappa shape index (κ1) is 19.5. The van der Waals surface area contributed by atoms with Crippen LogP contribution in [0.4, 0.5) is 0 Å². The third-order valence-electron chi connectivity index (χ3n) is 3.91. The number of amides is 1. The summed E-state index contributed by atoms with van der Waals surface area (Å²) in [6.07, 6.45) is -0.632. The summed E-state index contributed by atoms with van der Waals surface area (Å²) < 4.78 is 33.3. The summed E-state index contributed by atoms with van der Waals surface area (Å²) in [6, 6.07) is 6.16. The Morgan fingerprint density at radius 1 is 1.40 bits per heavy atom. The number of rotatable bonds is 6. The van der Waals surface area contributed by atoms with Crippen molar-refractivity contribution in [1.29, 1.82) is 0 Å². The van der Waals surface area contributed by atoms with Gasteiger partial charge in [0, 0.05) is 18.1 Å². The molecule has 0 bridgehead atoms. The highest BCUT2D eigenvalue weighted by molar-refractivity contribution is 7.91. The van der Waals surface area contributed by atoms with Gasteiger partial charge in [-0.25, -0.2) is 13.2 Å². The number of benzene rings is 1. The highest BCUT2D eigenvalue weighted by Crippen LogP contribution is 2.18. The number of ether oxygens (including phenoxy) is 2. The fourth-order valence-corrected chi connectivity index (χ4v) is 4.48. The minimum Gasteiger partial charge on any atom is -0.482 e. The van der Waals surface area contributed by atoms with Crippen molar-refractivity contribution in [3.8, 4) is 5.75 Å². The van der Waals surface area contributed by atoms with E-state index in [4.69, 9.17) is 21.1 Å². The summed E-state index contributed by atoms with van der Waals surface area (Å²) in [5.41, 5.74) is 0. The lowest BCUT2D eigenvalue weighted by molar-refractivity contribution is -0.160. The minimum absolute atomic E-state index is 0.0617. The quantitative estimate of drug-likeness (QED) is 0.681. The van der Waals surface area contributed by atoms with Crippen LogP contribution in [0.15, 0.2) is 24.3 Å². The smallest absolute Gasteiger partial charge is 0.344 e. The predicted octanol–water partition coefficient (Wildman–Crippen LogP) is 1.30. The molecular weight excluding hydrogens is 370 g/mol. The molecule has 138 valence electrons. The molecule has 7 nitrogen and oxygen atoms in total. The zero-order valence-corrected chi connectivity index (χ0v) is 15.5. The Hall–Kier alpha value is -1.80. The van der Waals surface area contributed by atoms with Gasteiger partial charge in [0.05, 0.1) is 11.5 Å². The van der Waals surface area contributed by atoms with E-state index in [0.29, 0.717) is 17.2 Å². The third kappa shape index (κ3) is 5.61. The van der Waals surface area contributed by atoms with Gasteiger partial charge in [-0.2, -0.15) is 0 Å². The van der Waals surface area contributed by atoms with E-state index < -0.39 is 27.8 Å². The van der Waals surface area contributed by atoms with Crippen molar-refractivity contribution in [2.75, 3.05) is 25.2 Å². The lowest BCUT2D eigenvalue weighted by Gasteiger charge is -2.26. The zero-order valence-electron chi connectivity index (χ0n) is 14.0. The maximum absolute atomic E-state index is 12.3. The van der Waals surface area contributed by atoms with Gasteiger partial charge in [0.2, 0.25) is 0 Å². The SMILES string of the molecule is C[C@H](OC(=O)COc1cccc(Cl)c1)C(=O)N(C)[C@@H]1CCS(=O)(=O)C1. The molecular formula is C16H20ClNO6S. The van der Waals surface area contributed by atoms with Gasteiger partial charge in [0.1, 0.15) is 5.75 Å². The van der Waals surface area contributed by atoms with Crippen molar-refractivity contribution in [3.05, 3.63) is 29.3 Å². The normalized spacial score (nSPS) is 19.9. The number of carbonyl (C=O) groups is 2. The van der Waals surface area contributed by atoms with E-state index in [2.05, 4.69) is 0 Å². The molecule has 1 heterocycles. The Kier molecular flexibility index (Phi) is 6.29. The molecule has 1 aliphatic heterocycles. The number of hydrogen-bond donors (Lipinski definition) is 0. The van der Waals surface area contributed by atoms with Crippen LogP contribution in [0.2, 0.25) is 5.02 Å². The summed E-state index contributed by atoms with van der Waals surface area (Å²) in [7, 11) is -1.58. The van der Waals surface area contributed by atoms with Gasteiger partial charge in [-0.3, -0.25) is 4.79 Å². The molecule has 0 saturated carbocycles. The molecule has 0 unspecified atom stereocenters. The van der Waals surface area contributed by atoms with Gasteiger partial charge in [-0.15, -0.1) is 0 Å². The Labute approximate surface area is 151 Å². The van der Waals surface area contributed by atoms with Crippen LogP contribution in [0, 0.1) is 0 Å². The first-order valence-electron chi connectivity index (χ1n) is 7.73. The van der Waals surface area contributed by atoms with E-state index in [0.717, 1.165) is 0 Å². The number of esters is 1. The maximum Gasteiger partial charge on any atom is 0.344 e.